The molecule has 1 saturated heterocycles. The van der Waals surface area contributed by atoms with Gasteiger partial charge in [-0.25, -0.2) is 9.78 Å². The van der Waals surface area contributed by atoms with E-state index in [0.29, 0.717) is 28.5 Å². The number of carboxylic acids is 3. The van der Waals surface area contributed by atoms with Crippen molar-refractivity contribution in [3.8, 4) is 33.9 Å². The number of aromatic hydroxyl groups is 2. The number of fused-ring (bicyclic) bond motifs is 2. The second-order valence-electron chi connectivity index (χ2n) is 34.7. The van der Waals surface area contributed by atoms with Gasteiger partial charge in [0.25, 0.3) is 0 Å². The van der Waals surface area contributed by atoms with Gasteiger partial charge < -0.3 is 120 Å². The number of hydrogen-bond acceptors (Lipinski definition) is 23. The molecular formula is C89H119N17O24S. The van der Waals surface area contributed by atoms with Crippen LogP contribution in [-0.4, -0.2) is 238 Å². The molecule has 131 heavy (non-hydrogen) atoms. The Morgan fingerprint density at radius 1 is 0.580 bits per heavy atom. The summed E-state index contributed by atoms with van der Waals surface area (Å²) in [4.78, 5) is 241. The molecule has 1 fully saturated rings. The first-order valence-electron chi connectivity index (χ1n) is 43.0. The summed E-state index contributed by atoms with van der Waals surface area (Å²) in [6, 6.07) is 1.70. The maximum atomic E-state index is 14.7. The largest absolute Gasteiger partial charge is 0.508 e. The second-order valence-corrected chi connectivity index (χ2v) is 35.1. The number of rotatable bonds is 46. The highest BCUT2D eigenvalue weighted by atomic mass is 32.1. The number of nitrogens with zero attached hydrogens (tertiary/aromatic N) is 2. The van der Waals surface area contributed by atoms with Crippen LogP contribution >= 0.6 is 12.2 Å². The van der Waals surface area contributed by atoms with E-state index >= 15 is 0 Å². The van der Waals surface area contributed by atoms with Crippen molar-refractivity contribution in [2.45, 2.75) is 239 Å². The number of likely N-dealkylation sites (tertiary alicyclic amines) is 1. The fraction of sp³-hybridized carbons (Fsp3) is 0.494. The van der Waals surface area contributed by atoms with Crippen molar-refractivity contribution in [3.63, 3.8) is 0 Å². The van der Waals surface area contributed by atoms with E-state index < -0.39 is 229 Å². The average Bonchev–Trinajstić information content (AvgIpc) is 1.72. The molecule has 0 spiro atoms. The number of H-pyrrole nitrogens is 1. The van der Waals surface area contributed by atoms with E-state index in [1.807, 2.05) is 0 Å². The molecule has 42 heteroatoms. The number of aromatic nitrogens is 2. The molecular weight excluding hydrogens is 1720 g/mol. The number of aliphatic hydroxyl groups is 1. The zero-order valence-electron chi connectivity index (χ0n) is 75.0. The number of aliphatic hydroxyl groups excluding tert-OH is 1. The van der Waals surface area contributed by atoms with Crippen LogP contribution in [0.5, 0.6) is 11.5 Å². The molecule has 3 aromatic carbocycles. The van der Waals surface area contributed by atoms with Crippen molar-refractivity contribution in [3.05, 3.63) is 118 Å². The van der Waals surface area contributed by atoms with Crippen LogP contribution in [0.4, 0.5) is 5.69 Å². The maximum Gasteiger partial charge on any atom is 0.336 e. The number of nitrogens with two attached hydrogens (primary N) is 1. The number of phenols is 2. The number of aromatic amines is 1. The van der Waals surface area contributed by atoms with Crippen LogP contribution in [0, 0.1) is 22.7 Å². The lowest BCUT2D eigenvalue weighted by molar-refractivity contribution is -0.141. The van der Waals surface area contributed by atoms with Crippen LogP contribution in [0.3, 0.4) is 0 Å². The monoisotopic (exact) mass is 1840 g/mol. The first kappa shape index (κ1) is 104. The summed E-state index contributed by atoms with van der Waals surface area (Å²) in [6.07, 6.45) is -1.44. The molecule has 0 bridgehead atoms. The summed E-state index contributed by atoms with van der Waals surface area (Å²) in [6.45, 7) is 18.8. The van der Waals surface area contributed by atoms with Crippen LogP contribution in [0.25, 0.3) is 33.4 Å². The molecule has 4 aromatic rings. The maximum absolute atomic E-state index is 14.7. The number of nitrogens with one attached hydrogen (secondary N) is 14. The van der Waals surface area contributed by atoms with Gasteiger partial charge in [-0.3, -0.25) is 76.7 Å². The summed E-state index contributed by atoms with van der Waals surface area (Å²) >= 11 is 5.54. The van der Waals surface area contributed by atoms with E-state index in [4.69, 9.17) is 22.4 Å². The molecule has 14 atom stereocenters. The van der Waals surface area contributed by atoms with Crippen molar-refractivity contribution >= 4 is 129 Å². The molecule has 1 aromatic heterocycles. The first-order chi connectivity index (χ1) is 61.6. The summed E-state index contributed by atoms with van der Waals surface area (Å²) in [5, 5.41) is 96.2. The average molecular weight is 1840 g/mol. The zero-order valence-corrected chi connectivity index (χ0v) is 75.8. The number of anilines is 1. The molecule has 0 saturated carbocycles. The number of phenolic OH excluding ortho intramolecular Hbond substituents is 2. The molecule has 22 N–H and O–H groups in total. The number of imidazole rings is 1. The van der Waals surface area contributed by atoms with Gasteiger partial charge in [-0.1, -0.05) is 100 Å². The summed E-state index contributed by atoms with van der Waals surface area (Å²) in [7, 11) is 0. The van der Waals surface area contributed by atoms with Gasteiger partial charge in [-0.05, 0) is 146 Å². The van der Waals surface area contributed by atoms with E-state index in [9.17, 15) is 112 Å². The van der Waals surface area contributed by atoms with Crippen LogP contribution in [0.1, 0.15) is 175 Å². The first-order valence-corrected chi connectivity index (χ1v) is 43.4. The van der Waals surface area contributed by atoms with Gasteiger partial charge in [0.15, 0.2) is 10.5 Å². The van der Waals surface area contributed by atoms with Gasteiger partial charge in [-0.15, -0.1) is 0 Å². The number of thiocarbonyl (C=S) groups is 1. The smallest absolute Gasteiger partial charge is 0.336 e. The fourth-order valence-corrected chi connectivity index (χ4v) is 14.9. The Labute approximate surface area is 760 Å². The molecule has 13 amide bonds. The Morgan fingerprint density at radius 3 is 1.65 bits per heavy atom. The predicted octanol–water partition coefficient (Wildman–Crippen LogP) is 2.09. The number of aromatic carboxylic acids is 1. The molecule has 2 aliphatic heterocycles. The minimum Gasteiger partial charge on any atom is -0.508 e. The van der Waals surface area contributed by atoms with Crippen LogP contribution in [-0.2, 0) is 84.8 Å². The topological polar surface area (TPSA) is 639 Å². The number of carbonyl (C=O) groups is 16. The fourth-order valence-electron chi connectivity index (χ4n) is 14.7. The van der Waals surface area contributed by atoms with Gasteiger partial charge in [0.05, 0.1) is 30.2 Å². The second kappa shape index (κ2) is 47.6. The van der Waals surface area contributed by atoms with Crippen molar-refractivity contribution in [2.24, 2.45) is 28.4 Å². The zero-order chi connectivity index (χ0) is 97.2. The number of amides is 13. The number of hydrogen-bond donors (Lipinski definition) is 21. The van der Waals surface area contributed by atoms with E-state index in [2.05, 4.69) is 79.1 Å². The van der Waals surface area contributed by atoms with E-state index in [-0.39, 0.29) is 114 Å². The van der Waals surface area contributed by atoms with E-state index in [1.165, 1.54) is 87.0 Å². The Hall–Kier alpha value is -13.7. The molecule has 3 aliphatic rings. The summed E-state index contributed by atoms with van der Waals surface area (Å²) in [5.74, 6) is -17.5. The predicted molar refractivity (Wildman–Crippen MR) is 481 cm³/mol. The highest BCUT2D eigenvalue weighted by Crippen LogP contribution is 2.43. The molecule has 710 valence electrons. The number of carbonyl (C=O) groups excluding carboxylic acids is 13. The van der Waals surface area contributed by atoms with Gasteiger partial charge in [-0.2, -0.15) is 0 Å². The lowest BCUT2D eigenvalue weighted by Gasteiger charge is -2.36. The Bertz CT molecular complexity index is 5190. The van der Waals surface area contributed by atoms with Crippen molar-refractivity contribution in [1.29, 1.82) is 0 Å². The third-order valence-electron chi connectivity index (χ3n) is 22.3. The van der Waals surface area contributed by atoms with E-state index in [0.717, 1.165) is 4.90 Å². The van der Waals surface area contributed by atoms with Crippen molar-refractivity contribution < 1.29 is 112 Å². The number of aliphatic carboxylic acids is 2. The number of carboxylic acid groups (broad SMARTS) is 3. The molecule has 0 radical (unpaired) electrons. The SMILES string of the molecule is CC[C@H](C)[C@H](NC(=O)[C@@H](NC(C)=O)C(C)(C)C)C(=O)N[C@H](C(=O)N[C@H](C(=O)N[C@H](C(=O)NCC(=O)N1CCC[C@H]1C(=O)N[C@@H](Cc1c[nH]cn1)C(=O)N[C@@H](CCC(=O)O)C(=O)N[C@@H](CCC(=O)O)C(=O)N[C@@H](Cc1ccc(O)cc1)C(=O)N[C@@H](CCCCNC(=S)Nc1ccc(-c2c3ccc(=O)cc-3oc3cc(O)ccc23)c(C(=O)O)c1)C(N)=O)[C@@H](C)O)[C@@H](C)CC)C(C)(C)C. The van der Waals surface area contributed by atoms with Gasteiger partial charge in [0.2, 0.25) is 76.8 Å². The Balaban J connectivity index is 0.994. The van der Waals surface area contributed by atoms with Crippen molar-refractivity contribution in [2.75, 3.05) is 25.0 Å². The number of benzene rings is 4. The molecule has 1 aliphatic carbocycles. The Morgan fingerprint density at radius 2 is 1.11 bits per heavy atom. The van der Waals surface area contributed by atoms with Crippen LogP contribution < -0.4 is 80.3 Å². The minimum atomic E-state index is -1.88. The number of primary amides is 1. The van der Waals surface area contributed by atoms with Gasteiger partial charge in [0.1, 0.15) is 89.3 Å². The highest BCUT2D eigenvalue weighted by molar-refractivity contribution is 7.80. The Kier molecular flexibility index (Phi) is 37.9. The molecule has 3 heterocycles. The normalized spacial score (nSPS) is 15.6. The lowest BCUT2D eigenvalue weighted by atomic mass is 9.84. The summed E-state index contributed by atoms with van der Waals surface area (Å²) < 4.78 is 5.93. The standard InChI is InChI=1S/C89H119N17O24S/c1-13-44(3)70(102-85(127)74(89(10,11)12)105-83(125)71(45(4)14-2)103-84(126)73(88(7,8)9)95-47(6)108)82(124)104-72(46(5)107)81(123)93-42-66(112)106-35-17-19-63(106)80(122)101-62(38-50-41-91-43-94-50)79(121)99-59(30-32-67(113)114)76(118)98-60(31-33-68(115)116)77(119)100-61(36-48-20-23-51(109)24-21-48)78(120)97-58(75(90)117)18-15-16-34-92-87(131)96-49-22-27-54(57(37-49)86(128)129)69-55-28-25-52(110)39-64(55)130-65-40-53(111)26-29-56(65)69/h20-29,37,39-41,43-46,58-63,70-74,107,109-110H,13-19,30-36,38,42H2,1-12H3,(H2,90,117)(H,91,94)(H,93,123)(H,95,108)(H,97,120)(H,98,118)(H,99,121)(H,100,119)(H,101,122)(H,102,127)(H,103,126)(H,104,124)(H,105,125)(H,113,114)(H,115,116)(H,128,129)(H2,92,96,131)/t44-,45-,46+,58-,59-,60-,61-,62-,63-,70-,71-,72-,73+,74+/m0/s1. The number of unbranched alkanes of at least 4 members (excludes halogenated alkanes) is 1. The molecule has 41 nitrogen and oxygen atoms in total. The van der Waals surface area contributed by atoms with Crippen LogP contribution in [0.2, 0.25) is 0 Å². The van der Waals surface area contributed by atoms with Gasteiger partial charge in [0, 0.05) is 86.2 Å². The lowest BCUT2D eigenvalue weighted by Crippen LogP contribution is -2.64. The molecule has 7 rings (SSSR count). The highest BCUT2D eigenvalue weighted by Gasteiger charge is 2.44. The van der Waals surface area contributed by atoms with Crippen molar-refractivity contribution in [1.82, 2.24) is 78.7 Å². The van der Waals surface area contributed by atoms with Crippen LogP contribution in [0.15, 0.2) is 101 Å². The minimum absolute atomic E-state index is 0.000541. The quantitative estimate of drug-likeness (QED) is 0.0148. The van der Waals surface area contributed by atoms with E-state index in [1.54, 1.807) is 87.4 Å². The third-order valence-corrected chi connectivity index (χ3v) is 22.6. The third kappa shape index (κ3) is 30.5. The summed E-state index contributed by atoms with van der Waals surface area (Å²) in [5.41, 5.74) is 5.56. The van der Waals surface area contributed by atoms with Gasteiger partial charge >= 0.3 is 17.9 Å². The molecule has 0 unspecified atom stereocenters.